The first-order valence-corrected chi connectivity index (χ1v) is 50.0. The topological polar surface area (TPSA) is 674 Å². The number of carboxylic acids is 3. The summed E-state index contributed by atoms with van der Waals surface area (Å²) in [6.07, 6.45) is 2.21. The number of aromatic carboxylic acids is 1. The van der Waals surface area contributed by atoms with Crippen LogP contribution in [-0.4, -0.2) is 283 Å². The number of thioether (sulfide) groups is 1. The van der Waals surface area contributed by atoms with E-state index >= 15 is 33.6 Å². The third kappa shape index (κ3) is 36.1. The summed E-state index contributed by atoms with van der Waals surface area (Å²) in [7, 11) is 1.31. The van der Waals surface area contributed by atoms with Crippen molar-refractivity contribution in [3.8, 4) is 16.9 Å². The number of rotatable bonds is 31. The Hall–Kier alpha value is -14.4. The van der Waals surface area contributed by atoms with E-state index in [0.29, 0.717) is 46.6 Å². The number of carbonyl (C=O) groups is 19. The second kappa shape index (κ2) is 57.3. The van der Waals surface area contributed by atoms with Crippen LogP contribution in [0.3, 0.4) is 0 Å². The lowest BCUT2D eigenvalue weighted by Crippen LogP contribution is -2.62. The van der Waals surface area contributed by atoms with Crippen LogP contribution in [0.25, 0.3) is 22.0 Å². The van der Waals surface area contributed by atoms with Gasteiger partial charge in [0.05, 0.1) is 31.0 Å². The average Bonchev–Trinajstić information content (AvgIpc) is 1.64. The van der Waals surface area contributed by atoms with E-state index in [-0.39, 0.29) is 79.3 Å². The van der Waals surface area contributed by atoms with Gasteiger partial charge in [-0.3, -0.25) is 81.5 Å². The molecule has 2 fully saturated rings. The second-order valence-electron chi connectivity index (χ2n) is 38.0. The maximum absolute atomic E-state index is 15.6. The molecule has 1 saturated heterocycles. The molecule has 1 aliphatic carbocycles. The summed E-state index contributed by atoms with van der Waals surface area (Å²) in [5, 5.41) is 87.9. The Morgan fingerprint density at radius 1 is 0.493 bits per heavy atom. The van der Waals surface area contributed by atoms with Crippen molar-refractivity contribution in [1.29, 1.82) is 0 Å². The van der Waals surface area contributed by atoms with Crippen molar-refractivity contribution in [3.05, 3.63) is 161 Å². The number of hydrogen-bond donors (Lipinski definition) is 22. The van der Waals surface area contributed by atoms with Crippen LogP contribution in [0.15, 0.2) is 134 Å². The number of carboxylic acid groups (broad SMARTS) is 3. The van der Waals surface area contributed by atoms with Gasteiger partial charge in [-0.2, -0.15) is 0 Å². The molecule has 1 unspecified atom stereocenters. The summed E-state index contributed by atoms with van der Waals surface area (Å²) >= 11 is 0.600. The van der Waals surface area contributed by atoms with Crippen molar-refractivity contribution < 1.29 is 121 Å². The first-order chi connectivity index (χ1) is 69.4. The number of aliphatic carboxylic acids is 2. The lowest BCUT2D eigenvalue weighted by molar-refractivity contribution is -0.143. The molecule has 43 nitrogen and oxygen atoms in total. The van der Waals surface area contributed by atoms with Gasteiger partial charge >= 0.3 is 17.9 Å². The number of para-hydroxylation sites is 1. The molecule has 44 heteroatoms. The number of aliphatic hydroxyl groups is 2. The van der Waals surface area contributed by atoms with Gasteiger partial charge in [-0.15, -0.1) is 11.8 Å². The highest BCUT2D eigenvalue weighted by Crippen LogP contribution is 2.30. The smallest absolute Gasteiger partial charge is 0.341 e. The molecule has 0 bridgehead atoms. The Bertz CT molecular complexity index is 5530. The predicted octanol–water partition coefficient (Wildman–Crippen LogP) is 0.706. The van der Waals surface area contributed by atoms with Crippen LogP contribution < -0.4 is 90.6 Å². The third-order valence-corrected chi connectivity index (χ3v) is 26.4. The summed E-state index contributed by atoms with van der Waals surface area (Å²) in [6, 6.07) is 8.52. The number of nitrogens with two attached hydrogens (primary N) is 2. The van der Waals surface area contributed by atoms with Crippen molar-refractivity contribution in [2.24, 2.45) is 41.1 Å². The molecule has 8 rings (SSSR count). The number of carbonyl (C=O) groups excluding carboxylic acids is 16. The molecule has 16 amide bonds. The van der Waals surface area contributed by atoms with Crippen molar-refractivity contribution in [1.82, 2.24) is 84.3 Å². The molecule has 2 aliphatic rings. The Morgan fingerprint density at radius 2 is 0.952 bits per heavy atom. The van der Waals surface area contributed by atoms with Gasteiger partial charge in [-0.25, -0.2) is 9.59 Å². The van der Waals surface area contributed by atoms with Crippen molar-refractivity contribution in [3.63, 3.8) is 0 Å². The van der Waals surface area contributed by atoms with Gasteiger partial charge in [0.2, 0.25) is 94.5 Å². The number of nitrogens with one attached hydrogen (secondary N) is 15. The molecule has 0 spiro atoms. The molecule has 792 valence electrons. The molecule has 2 heterocycles. The number of ether oxygens (including phenoxy) is 1. The van der Waals surface area contributed by atoms with Gasteiger partial charge in [0.1, 0.15) is 96.4 Å². The van der Waals surface area contributed by atoms with E-state index in [0.717, 1.165) is 35.3 Å². The zero-order chi connectivity index (χ0) is 107. The van der Waals surface area contributed by atoms with Gasteiger partial charge in [0.25, 0.3) is 0 Å². The minimum atomic E-state index is -2.16. The summed E-state index contributed by atoms with van der Waals surface area (Å²) in [5.74, 6) is -25.0. The molecule has 5 aromatic carbocycles. The zero-order valence-electron chi connectivity index (χ0n) is 83.5. The molecule has 6 aromatic rings. The van der Waals surface area contributed by atoms with Gasteiger partial charge in [-0.05, 0) is 132 Å². The number of benzene rings is 5. The van der Waals surface area contributed by atoms with Crippen molar-refractivity contribution >= 4 is 135 Å². The molecule has 24 N–H and O–H groups in total. The van der Waals surface area contributed by atoms with Crippen LogP contribution in [0, 0.1) is 29.6 Å². The van der Waals surface area contributed by atoms with E-state index in [2.05, 4.69) is 79.4 Å². The van der Waals surface area contributed by atoms with Gasteiger partial charge < -0.3 is 126 Å². The van der Waals surface area contributed by atoms with E-state index in [1.165, 1.54) is 76.3 Å². The van der Waals surface area contributed by atoms with E-state index in [4.69, 9.17) is 16.2 Å². The Morgan fingerprint density at radius 3 is 1.48 bits per heavy atom. The SMILES string of the molecule is CCC(C)[C@@H]1NC(=O)[C@H](Cc2ccc(-c3ccccc3)cc2)NC(=O)[C@H](CC(C)C)NC(=O)[C@H](Cc2c[nH]c3ccccc23)NC(=O)[C@H](CC(=O)O)NC(=O)[C@H](Cc2ccc(C(=O)O)cc2)NC(=O)[C@H](Cc2ccc(OCC(=O)O)cc2)NC(=O)CSC[C@@H](C(=O)N[C@@H](CO)C(N)=O)NC(=O)[C@H](CO)NC(=O)[C@H](C(C)C)NC(=O)[C@H](CC2CCCCC2)NC(=O)[C@H](CCN)NC(=O)[C@@H](CC(C)C)NC(=O)[C@H](C)N(C)C1=O. The second-order valence-corrected chi connectivity index (χ2v) is 39.1. The number of aromatic amines is 1. The molecule has 146 heavy (non-hydrogen) atoms. The highest BCUT2D eigenvalue weighted by atomic mass is 32.2. The minimum Gasteiger partial charge on any atom is -0.482 e. The number of hydrogen-bond acceptors (Lipinski definition) is 24. The molecule has 1 saturated carbocycles. The van der Waals surface area contributed by atoms with Gasteiger partial charge in [0.15, 0.2) is 6.61 Å². The maximum Gasteiger partial charge on any atom is 0.341 e. The lowest BCUT2D eigenvalue weighted by Gasteiger charge is -2.33. The minimum absolute atomic E-state index is 0.0239. The van der Waals surface area contributed by atoms with Crippen LogP contribution >= 0.6 is 11.8 Å². The average molecular weight is 2050 g/mol. The zero-order valence-corrected chi connectivity index (χ0v) is 84.3. The first-order valence-electron chi connectivity index (χ1n) is 48.8. The molecule has 0 radical (unpaired) electrons. The Labute approximate surface area is 849 Å². The van der Waals surface area contributed by atoms with Crippen molar-refractivity contribution in [2.45, 2.75) is 249 Å². The first kappa shape index (κ1) is 117. The highest BCUT2D eigenvalue weighted by molar-refractivity contribution is 8.00. The van der Waals surface area contributed by atoms with Crippen LogP contribution in [0.1, 0.15) is 166 Å². The summed E-state index contributed by atoms with van der Waals surface area (Å²) in [6.45, 7) is 11.6. The monoisotopic (exact) mass is 2050 g/mol. The predicted molar refractivity (Wildman–Crippen MR) is 538 cm³/mol. The Balaban J connectivity index is 1.24. The summed E-state index contributed by atoms with van der Waals surface area (Å²) < 4.78 is 5.32. The van der Waals surface area contributed by atoms with E-state index in [1.54, 1.807) is 96.3 Å². The molecule has 1 aromatic heterocycles. The number of aliphatic hydroxyl groups excluding tert-OH is 2. The van der Waals surface area contributed by atoms with Crippen LogP contribution in [0.5, 0.6) is 5.75 Å². The lowest BCUT2D eigenvalue weighted by atomic mass is 9.84. The number of nitrogens with zero attached hydrogens (tertiary/aromatic N) is 1. The number of primary amides is 1. The van der Waals surface area contributed by atoms with Crippen LogP contribution in [0.2, 0.25) is 0 Å². The van der Waals surface area contributed by atoms with Gasteiger partial charge in [0, 0.05) is 55.6 Å². The van der Waals surface area contributed by atoms with E-state index in [9.17, 15) is 83.1 Å². The van der Waals surface area contributed by atoms with Gasteiger partial charge in [-0.1, -0.05) is 191 Å². The quantitative estimate of drug-likeness (QED) is 0.0285. The van der Waals surface area contributed by atoms with Crippen molar-refractivity contribution in [2.75, 3.05) is 44.9 Å². The fourth-order valence-electron chi connectivity index (χ4n) is 16.8. The fraction of sp³-hybridized carbons (Fsp3) is 0.500. The summed E-state index contributed by atoms with van der Waals surface area (Å²) in [5.41, 5.74) is 14.9. The fourth-order valence-corrected chi connectivity index (χ4v) is 17.7. The van der Waals surface area contributed by atoms with E-state index in [1.807, 2.05) is 30.3 Å². The number of likely N-dealkylation sites (N-methyl/N-ethyl adjacent to an activating group) is 1. The largest absolute Gasteiger partial charge is 0.482 e. The molecular weight excluding hydrogens is 1910 g/mol. The van der Waals surface area contributed by atoms with Crippen LogP contribution in [-0.2, 0) is 112 Å². The molecule has 16 atom stereocenters. The number of amides is 16. The molecular formula is C102H138N18O25S. The third-order valence-electron chi connectivity index (χ3n) is 25.4. The number of H-pyrrole nitrogens is 1. The number of aromatic nitrogens is 1. The standard InChI is InChI=1S/C102H138N18O25S/c1-11-57(8)86-101(142)120(10)58(9)88(129)108-71(40-54(2)3)90(131)107-70(38-39-103)89(130)110-75(42-59-20-14-12-15-21-59)96(137)118-85(56(6)7)100(141)116-80(50-122)98(139)117-81(99(140)115-79(49-121)87(104)128)52-146-53-82(123)106-73(43-62-30-36-67(37-31-62)145-51-84(126)127)92(133)111-74(44-61-28-34-65(35-29-61)102(143)144)93(134)114-78(47-83(124)125)95(136)113-77(46-66-48-105-69-25-19-18-24-68(66)69)94(135)109-72(41-55(4)5)91(132)112-76(97(138)119-86)45-60-26-32-64(33-27-60)63-22-16-13-17-23-63/h13,16-19,22-37,48,54-59,70-81,85-86,105,121-122H,11-12,14-15,20-21,38-47,49-53,103H2,1-10H3,(H2,104,128)(H,106,123)(H,107,131)(H,108,129)(H,109,135)(H,110,130)(H,111,133)(H,112,132)(H,113,136)(H,114,134)(H,115,140)(H,116,141)(H,117,139)(H,118,137)(H,119,138)(H,124,125)(H,126,127)(H,143,144)/t57?,58-,70-,71+,72-,73-,74-,75-,76-,77-,78-,79-,80-,81-,85-,86-/m0/s1. The van der Waals surface area contributed by atoms with Crippen LogP contribution in [0.4, 0.5) is 0 Å². The molecule has 1 aliphatic heterocycles. The van der Waals surface area contributed by atoms with E-state index < -0.39 is 278 Å². The normalized spacial score (nSPS) is 23.4. The Kier molecular flexibility index (Phi) is 45.9. The highest BCUT2D eigenvalue weighted by Gasteiger charge is 2.42. The summed E-state index contributed by atoms with van der Waals surface area (Å²) in [4.78, 5) is 279. The maximum atomic E-state index is 15.6. The number of fused-ring (bicyclic) bond motifs is 1.